The van der Waals surface area contributed by atoms with Gasteiger partial charge in [0.15, 0.2) is 0 Å². The fourth-order valence-corrected chi connectivity index (χ4v) is 5.19. The molecule has 0 saturated heterocycles. The van der Waals surface area contributed by atoms with Gasteiger partial charge in [-0.2, -0.15) is 0 Å². The van der Waals surface area contributed by atoms with Crippen LogP contribution in [0, 0.1) is 20.8 Å². The van der Waals surface area contributed by atoms with Crippen LogP contribution in [0.4, 0.5) is 0 Å². The van der Waals surface area contributed by atoms with Gasteiger partial charge in [0.25, 0.3) is 0 Å². The van der Waals surface area contributed by atoms with Gasteiger partial charge >= 0.3 is 0 Å². The molecule has 3 aromatic carbocycles. The number of aliphatic hydroxyl groups excluding tert-OH is 1. The van der Waals surface area contributed by atoms with E-state index >= 15 is 0 Å². The molecule has 5 heteroatoms. The third kappa shape index (κ3) is 4.21. The first-order valence-corrected chi connectivity index (χ1v) is 10.5. The second-order valence-corrected chi connectivity index (χ2v) is 8.70. The third-order valence-electron chi connectivity index (χ3n) is 4.77. The second-order valence-electron chi connectivity index (χ2n) is 7.00. The number of rotatable bonds is 6. The lowest BCUT2D eigenvalue weighted by Crippen LogP contribution is -2.27. The van der Waals surface area contributed by atoms with Crippen molar-refractivity contribution in [1.29, 1.82) is 0 Å². The highest BCUT2D eigenvalue weighted by atomic mass is 32.2. The van der Waals surface area contributed by atoms with Crippen LogP contribution in [0.15, 0.2) is 59.5 Å². The topological polar surface area (TPSA) is 66.4 Å². The molecule has 0 aliphatic carbocycles. The largest absolute Gasteiger partial charge is 0.388 e. The smallest absolute Gasteiger partial charge is 0.241 e. The van der Waals surface area contributed by atoms with Crippen LogP contribution in [0.3, 0.4) is 0 Å². The van der Waals surface area contributed by atoms with E-state index in [2.05, 4.69) is 4.72 Å². The van der Waals surface area contributed by atoms with Crippen LogP contribution < -0.4 is 4.72 Å². The fraction of sp³-hybridized carbons (Fsp3) is 0.273. The van der Waals surface area contributed by atoms with Crippen LogP contribution in [0.1, 0.15) is 34.8 Å². The summed E-state index contributed by atoms with van der Waals surface area (Å²) in [4.78, 5) is 0.327. The summed E-state index contributed by atoms with van der Waals surface area (Å²) in [5, 5.41) is 12.6. The molecule has 0 heterocycles. The molecule has 4 nitrogen and oxygen atoms in total. The standard InChI is InChI=1S/C22H25NO3S/c1-15-13-16(2)22(17(3)14-15)27(25,26)23-12-11-21(24)20-10-6-8-18-7-4-5-9-19(18)20/h4-10,13-14,21,23-24H,11-12H2,1-3H3. The molecule has 0 aliphatic rings. The Kier molecular flexibility index (Phi) is 5.65. The molecule has 0 radical (unpaired) electrons. The van der Waals surface area contributed by atoms with Crippen molar-refractivity contribution in [3.05, 3.63) is 76.9 Å². The van der Waals surface area contributed by atoms with Crippen LogP contribution in [0.25, 0.3) is 10.8 Å². The summed E-state index contributed by atoms with van der Waals surface area (Å²) in [6.07, 6.45) is -0.434. The Hall–Kier alpha value is -2.21. The van der Waals surface area contributed by atoms with Crippen molar-refractivity contribution in [2.75, 3.05) is 6.54 Å². The van der Waals surface area contributed by atoms with E-state index in [-0.39, 0.29) is 6.54 Å². The highest BCUT2D eigenvalue weighted by Gasteiger charge is 2.20. The van der Waals surface area contributed by atoms with Crippen molar-refractivity contribution < 1.29 is 13.5 Å². The zero-order valence-electron chi connectivity index (χ0n) is 15.9. The predicted molar refractivity (Wildman–Crippen MR) is 109 cm³/mol. The minimum Gasteiger partial charge on any atom is -0.388 e. The average Bonchev–Trinajstić information content (AvgIpc) is 2.59. The summed E-state index contributed by atoms with van der Waals surface area (Å²) in [6, 6.07) is 17.4. The molecule has 0 amide bonds. The molecule has 0 bridgehead atoms. The van der Waals surface area contributed by atoms with Gasteiger partial charge in [-0.05, 0) is 54.7 Å². The van der Waals surface area contributed by atoms with Gasteiger partial charge in [0.1, 0.15) is 0 Å². The molecule has 0 saturated carbocycles. The molecule has 3 rings (SSSR count). The quantitative estimate of drug-likeness (QED) is 0.671. The Morgan fingerprint density at radius 3 is 2.30 bits per heavy atom. The maximum Gasteiger partial charge on any atom is 0.241 e. The van der Waals surface area contributed by atoms with Gasteiger partial charge in [0, 0.05) is 6.54 Å². The van der Waals surface area contributed by atoms with E-state index in [0.29, 0.717) is 11.3 Å². The molecule has 0 aliphatic heterocycles. The Morgan fingerprint density at radius 2 is 1.59 bits per heavy atom. The lowest BCUT2D eigenvalue weighted by Gasteiger charge is -2.16. The van der Waals surface area contributed by atoms with Crippen LogP contribution >= 0.6 is 0 Å². The fourth-order valence-electron chi connectivity index (χ4n) is 3.69. The summed E-state index contributed by atoms with van der Waals surface area (Å²) in [5.74, 6) is 0. The lowest BCUT2D eigenvalue weighted by molar-refractivity contribution is 0.170. The molecule has 3 aromatic rings. The number of hydrogen-bond acceptors (Lipinski definition) is 3. The molecule has 27 heavy (non-hydrogen) atoms. The minimum absolute atomic E-state index is 0.166. The molecular weight excluding hydrogens is 358 g/mol. The molecule has 142 valence electrons. The number of nitrogens with one attached hydrogen (secondary N) is 1. The first kappa shape index (κ1) is 19.5. The minimum atomic E-state index is -3.62. The van der Waals surface area contributed by atoms with Gasteiger partial charge in [-0.15, -0.1) is 0 Å². The van der Waals surface area contributed by atoms with E-state index in [1.807, 2.05) is 61.5 Å². The van der Waals surface area contributed by atoms with E-state index in [4.69, 9.17) is 0 Å². The number of aryl methyl sites for hydroxylation is 3. The lowest BCUT2D eigenvalue weighted by atomic mass is 9.99. The van der Waals surface area contributed by atoms with Crippen molar-refractivity contribution in [1.82, 2.24) is 4.72 Å². The van der Waals surface area contributed by atoms with Gasteiger partial charge in [0.05, 0.1) is 11.0 Å². The van der Waals surface area contributed by atoms with Crippen molar-refractivity contribution in [2.45, 2.75) is 38.2 Å². The molecule has 2 N–H and O–H groups in total. The van der Waals surface area contributed by atoms with E-state index < -0.39 is 16.1 Å². The first-order valence-electron chi connectivity index (χ1n) is 9.03. The highest BCUT2D eigenvalue weighted by molar-refractivity contribution is 7.89. The van der Waals surface area contributed by atoms with Gasteiger partial charge in [0.2, 0.25) is 10.0 Å². The summed E-state index contributed by atoms with van der Waals surface area (Å²) >= 11 is 0. The Bertz CT molecular complexity index is 1050. The Labute approximate surface area is 160 Å². The van der Waals surface area contributed by atoms with Crippen molar-refractivity contribution >= 4 is 20.8 Å². The van der Waals surface area contributed by atoms with E-state index in [0.717, 1.165) is 33.0 Å². The second kappa shape index (κ2) is 7.80. The van der Waals surface area contributed by atoms with Crippen molar-refractivity contribution in [3.63, 3.8) is 0 Å². The van der Waals surface area contributed by atoms with Crippen LogP contribution in [-0.4, -0.2) is 20.1 Å². The number of fused-ring (bicyclic) bond motifs is 1. The molecule has 1 atom stereocenters. The summed E-state index contributed by atoms with van der Waals surface area (Å²) < 4.78 is 28.1. The summed E-state index contributed by atoms with van der Waals surface area (Å²) in [7, 11) is -3.62. The van der Waals surface area contributed by atoms with E-state index in [9.17, 15) is 13.5 Å². The Morgan fingerprint density at radius 1 is 0.963 bits per heavy atom. The summed E-state index contributed by atoms with van der Waals surface area (Å²) in [6.45, 7) is 5.73. The molecule has 0 fully saturated rings. The Balaban J connectivity index is 1.74. The number of benzene rings is 3. The van der Waals surface area contributed by atoms with Crippen LogP contribution in [0.5, 0.6) is 0 Å². The van der Waals surface area contributed by atoms with Crippen LogP contribution in [0.2, 0.25) is 0 Å². The van der Waals surface area contributed by atoms with Crippen molar-refractivity contribution in [3.8, 4) is 0 Å². The van der Waals surface area contributed by atoms with E-state index in [1.165, 1.54) is 0 Å². The highest BCUT2D eigenvalue weighted by Crippen LogP contribution is 2.26. The monoisotopic (exact) mass is 383 g/mol. The zero-order chi connectivity index (χ0) is 19.6. The zero-order valence-corrected chi connectivity index (χ0v) is 16.7. The SMILES string of the molecule is Cc1cc(C)c(S(=O)(=O)NCCC(O)c2cccc3ccccc23)c(C)c1. The molecular formula is C22H25NO3S. The van der Waals surface area contributed by atoms with Crippen LogP contribution in [-0.2, 0) is 10.0 Å². The van der Waals surface area contributed by atoms with Gasteiger partial charge in [-0.25, -0.2) is 13.1 Å². The molecule has 0 aromatic heterocycles. The maximum absolute atomic E-state index is 12.7. The summed E-state index contributed by atoms with van der Waals surface area (Å²) in [5.41, 5.74) is 3.31. The third-order valence-corrected chi connectivity index (χ3v) is 6.53. The normalized spacial score (nSPS) is 13.0. The van der Waals surface area contributed by atoms with E-state index in [1.54, 1.807) is 13.8 Å². The maximum atomic E-state index is 12.7. The van der Waals surface area contributed by atoms with Gasteiger partial charge in [-0.3, -0.25) is 0 Å². The van der Waals surface area contributed by atoms with Gasteiger partial charge < -0.3 is 5.11 Å². The van der Waals surface area contributed by atoms with Crippen molar-refractivity contribution in [2.24, 2.45) is 0 Å². The van der Waals surface area contributed by atoms with Gasteiger partial charge in [-0.1, -0.05) is 60.2 Å². The first-order chi connectivity index (χ1) is 12.8. The number of sulfonamides is 1. The number of aliphatic hydroxyl groups is 1. The number of hydrogen-bond donors (Lipinski definition) is 2. The molecule has 0 spiro atoms. The average molecular weight is 384 g/mol. The predicted octanol–water partition coefficient (Wildman–Crippen LogP) is 4.17. The molecule has 1 unspecified atom stereocenters.